The standard InChI is InChI=1S/C20H13Cl3N4O2/c21-11-3-1-10(2-4-11)9-27-18-13(8-24-27)20(7-17(28)26-18)12-5-14(22)15(23)6-16(12)25-19(20)29/h1-6,8H,7,9H2,(H,25,29)(H,26,28)/t20-/m1/s1. The molecule has 5 rings (SSSR count). The van der Waals surface area contributed by atoms with Gasteiger partial charge in [0.2, 0.25) is 11.8 Å². The SMILES string of the molecule is O=C1C[C@]2(C(=O)Nc3cc(Cl)c(Cl)cc32)c2cnn(Cc3ccc(Cl)cc3)c2N1. The number of nitrogens with zero attached hydrogens (tertiary/aromatic N) is 2. The fourth-order valence-corrected chi connectivity index (χ4v) is 4.48. The summed E-state index contributed by atoms with van der Waals surface area (Å²) in [6.07, 6.45) is 1.59. The van der Waals surface area contributed by atoms with Gasteiger partial charge < -0.3 is 10.6 Å². The first-order chi connectivity index (χ1) is 13.9. The summed E-state index contributed by atoms with van der Waals surface area (Å²) in [7, 11) is 0. The maximum absolute atomic E-state index is 13.1. The highest BCUT2D eigenvalue weighted by molar-refractivity contribution is 6.42. The molecule has 2 N–H and O–H groups in total. The summed E-state index contributed by atoms with van der Waals surface area (Å²) in [4.78, 5) is 25.7. The lowest BCUT2D eigenvalue weighted by atomic mass is 9.72. The number of hydrogen-bond donors (Lipinski definition) is 2. The molecular weight excluding hydrogens is 435 g/mol. The Bertz CT molecular complexity index is 1190. The van der Waals surface area contributed by atoms with Crippen LogP contribution in [0.5, 0.6) is 0 Å². The fraction of sp³-hybridized carbons (Fsp3) is 0.150. The summed E-state index contributed by atoms with van der Waals surface area (Å²) in [6, 6.07) is 10.6. The Morgan fingerprint density at radius 1 is 1.00 bits per heavy atom. The first-order valence-electron chi connectivity index (χ1n) is 8.80. The summed E-state index contributed by atoms with van der Waals surface area (Å²) in [5.74, 6) is -0.0809. The first kappa shape index (κ1) is 18.5. The molecule has 0 radical (unpaired) electrons. The minimum atomic E-state index is -1.19. The van der Waals surface area contributed by atoms with E-state index in [1.54, 1.807) is 35.1 Å². The van der Waals surface area contributed by atoms with Crippen LogP contribution in [0.25, 0.3) is 0 Å². The minimum Gasteiger partial charge on any atom is -0.325 e. The zero-order valence-corrected chi connectivity index (χ0v) is 17.1. The van der Waals surface area contributed by atoms with Crippen molar-refractivity contribution in [1.29, 1.82) is 0 Å². The largest absolute Gasteiger partial charge is 0.325 e. The topological polar surface area (TPSA) is 76.0 Å². The molecular formula is C20H13Cl3N4O2. The van der Waals surface area contributed by atoms with Gasteiger partial charge in [-0.1, -0.05) is 46.9 Å². The lowest BCUT2D eigenvalue weighted by Gasteiger charge is -2.31. The number of rotatable bonds is 2. The molecule has 0 saturated heterocycles. The quantitative estimate of drug-likeness (QED) is 0.608. The van der Waals surface area contributed by atoms with Crippen LogP contribution in [0.1, 0.15) is 23.1 Å². The molecule has 0 fully saturated rings. The van der Waals surface area contributed by atoms with Gasteiger partial charge >= 0.3 is 0 Å². The molecule has 146 valence electrons. The number of fused-ring (bicyclic) bond motifs is 4. The maximum Gasteiger partial charge on any atom is 0.240 e. The van der Waals surface area contributed by atoms with E-state index in [0.29, 0.717) is 44.2 Å². The van der Waals surface area contributed by atoms with Crippen LogP contribution < -0.4 is 10.6 Å². The third-order valence-corrected chi connectivity index (χ3v) is 6.36. The van der Waals surface area contributed by atoms with Crippen molar-refractivity contribution < 1.29 is 9.59 Å². The molecule has 1 aromatic heterocycles. The van der Waals surface area contributed by atoms with Gasteiger partial charge in [-0.05, 0) is 35.4 Å². The van der Waals surface area contributed by atoms with E-state index in [1.807, 2.05) is 12.1 Å². The number of benzene rings is 2. The van der Waals surface area contributed by atoms with E-state index >= 15 is 0 Å². The second kappa shape index (κ2) is 6.49. The van der Waals surface area contributed by atoms with Crippen molar-refractivity contribution in [3.8, 4) is 0 Å². The number of carbonyl (C=O) groups excluding carboxylic acids is 2. The zero-order valence-electron chi connectivity index (χ0n) is 14.8. The summed E-state index contributed by atoms with van der Waals surface area (Å²) in [6.45, 7) is 0.415. The summed E-state index contributed by atoms with van der Waals surface area (Å²) >= 11 is 18.3. The second-order valence-corrected chi connectivity index (χ2v) is 8.34. The van der Waals surface area contributed by atoms with E-state index in [4.69, 9.17) is 34.8 Å². The van der Waals surface area contributed by atoms with Crippen LogP contribution in [-0.4, -0.2) is 21.6 Å². The van der Waals surface area contributed by atoms with Crippen molar-refractivity contribution in [1.82, 2.24) is 9.78 Å². The predicted octanol–water partition coefficient (Wildman–Crippen LogP) is 4.47. The average molecular weight is 448 g/mol. The van der Waals surface area contributed by atoms with Crippen molar-refractivity contribution in [3.63, 3.8) is 0 Å². The Labute approximate surface area is 180 Å². The molecule has 0 bridgehead atoms. The van der Waals surface area contributed by atoms with E-state index in [2.05, 4.69) is 15.7 Å². The Kier molecular flexibility index (Phi) is 4.13. The number of hydrogen-bond acceptors (Lipinski definition) is 3. The van der Waals surface area contributed by atoms with Gasteiger partial charge in [-0.2, -0.15) is 5.10 Å². The second-order valence-electron chi connectivity index (χ2n) is 7.09. The van der Waals surface area contributed by atoms with E-state index in [1.165, 1.54) is 0 Å². The lowest BCUT2D eigenvalue weighted by molar-refractivity contribution is -0.125. The molecule has 0 aliphatic carbocycles. The smallest absolute Gasteiger partial charge is 0.240 e. The zero-order chi connectivity index (χ0) is 20.3. The normalized spacial score (nSPS) is 19.7. The lowest BCUT2D eigenvalue weighted by Crippen LogP contribution is -2.43. The summed E-state index contributed by atoms with van der Waals surface area (Å²) in [5, 5.41) is 11.4. The number of carbonyl (C=O) groups is 2. The molecule has 6 nitrogen and oxygen atoms in total. The van der Waals surface area contributed by atoms with Crippen LogP contribution in [0, 0.1) is 0 Å². The number of anilines is 2. The maximum atomic E-state index is 13.1. The van der Waals surface area contributed by atoms with E-state index < -0.39 is 5.41 Å². The molecule has 3 heterocycles. The molecule has 1 spiro atoms. The highest BCUT2D eigenvalue weighted by atomic mass is 35.5. The van der Waals surface area contributed by atoms with Crippen LogP contribution in [0.3, 0.4) is 0 Å². The van der Waals surface area contributed by atoms with Crippen molar-refractivity contribution in [2.75, 3.05) is 10.6 Å². The minimum absolute atomic E-state index is 0.0383. The third kappa shape index (κ3) is 2.74. The van der Waals surface area contributed by atoms with Crippen LogP contribution in [0.4, 0.5) is 11.5 Å². The molecule has 29 heavy (non-hydrogen) atoms. The van der Waals surface area contributed by atoms with Gasteiger partial charge in [-0.25, -0.2) is 4.68 Å². The number of amides is 2. The van der Waals surface area contributed by atoms with Crippen LogP contribution >= 0.6 is 34.8 Å². The molecule has 9 heteroatoms. The molecule has 2 aliphatic heterocycles. The average Bonchev–Trinajstić information content (AvgIpc) is 3.18. The molecule has 1 atom stereocenters. The number of nitrogens with one attached hydrogen (secondary N) is 2. The van der Waals surface area contributed by atoms with E-state index in [9.17, 15) is 9.59 Å². The van der Waals surface area contributed by atoms with E-state index in [0.717, 1.165) is 5.56 Å². The fourth-order valence-electron chi connectivity index (χ4n) is 4.02. The Morgan fingerprint density at radius 3 is 2.48 bits per heavy atom. The van der Waals surface area contributed by atoms with E-state index in [-0.39, 0.29) is 18.2 Å². The molecule has 2 aliphatic rings. The van der Waals surface area contributed by atoms with Crippen molar-refractivity contribution in [2.45, 2.75) is 18.4 Å². The molecule has 3 aromatic rings. The van der Waals surface area contributed by atoms with Gasteiger partial charge in [0, 0.05) is 22.7 Å². The van der Waals surface area contributed by atoms with Crippen molar-refractivity contribution in [3.05, 3.63) is 74.4 Å². The third-order valence-electron chi connectivity index (χ3n) is 5.38. The summed E-state index contributed by atoms with van der Waals surface area (Å²) < 4.78 is 1.67. The summed E-state index contributed by atoms with van der Waals surface area (Å²) in [5.41, 5.74) is 1.56. The van der Waals surface area contributed by atoms with Crippen molar-refractivity contribution >= 4 is 58.1 Å². The number of halogens is 3. The Hall–Kier alpha value is -2.54. The predicted molar refractivity (Wildman–Crippen MR) is 112 cm³/mol. The van der Waals surface area contributed by atoms with Gasteiger partial charge in [0.15, 0.2) is 0 Å². The van der Waals surface area contributed by atoms with Gasteiger partial charge in [-0.3, -0.25) is 9.59 Å². The molecule has 2 amide bonds. The first-order valence-corrected chi connectivity index (χ1v) is 9.93. The Balaban J connectivity index is 1.65. The van der Waals surface area contributed by atoms with Gasteiger partial charge in [0.1, 0.15) is 11.2 Å². The highest BCUT2D eigenvalue weighted by Gasteiger charge is 2.54. The van der Waals surface area contributed by atoms with Crippen LogP contribution in [0.15, 0.2) is 42.6 Å². The van der Waals surface area contributed by atoms with Crippen LogP contribution in [0.2, 0.25) is 15.1 Å². The monoisotopic (exact) mass is 446 g/mol. The molecule has 0 saturated carbocycles. The van der Waals surface area contributed by atoms with Crippen molar-refractivity contribution in [2.24, 2.45) is 0 Å². The van der Waals surface area contributed by atoms with Gasteiger partial charge in [0.05, 0.1) is 22.8 Å². The Morgan fingerprint density at radius 2 is 1.72 bits per heavy atom. The molecule has 2 aromatic carbocycles. The number of aromatic nitrogens is 2. The van der Waals surface area contributed by atoms with Gasteiger partial charge in [0.25, 0.3) is 0 Å². The van der Waals surface area contributed by atoms with Gasteiger partial charge in [-0.15, -0.1) is 0 Å². The highest BCUT2D eigenvalue weighted by Crippen LogP contribution is 2.51. The molecule has 0 unspecified atom stereocenters. The van der Waals surface area contributed by atoms with Crippen LogP contribution in [-0.2, 0) is 21.5 Å².